The van der Waals surface area contributed by atoms with Gasteiger partial charge in [0, 0.05) is 13.0 Å². The average Bonchev–Trinajstić information content (AvgIpc) is 2.78. The number of rotatable bonds is 5. The molecule has 5 nitrogen and oxygen atoms in total. The summed E-state index contributed by atoms with van der Waals surface area (Å²) in [6.07, 6.45) is 0.890. The topological polar surface area (TPSA) is 67.0 Å². The molecule has 0 fully saturated rings. The Labute approximate surface area is 125 Å². The molecule has 0 radical (unpaired) electrons. The molecule has 0 spiro atoms. The number of H-pyrrole nitrogens is 1. The first-order valence-corrected chi connectivity index (χ1v) is 7.27. The molecule has 1 heterocycles. The van der Waals surface area contributed by atoms with Crippen LogP contribution in [0.25, 0.3) is 11.0 Å². The van der Waals surface area contributed by atoms with Gasteiger partial charge in [-0.25, -0.2) is 4.98 Å². The van der Waals surface area contributed by atoms with Crippen LogP contribution in [0.4, 0.5) is 0 Å². The largest absolute Gasteiger partial charge is 0.459 e. The highest BCUT2D eigenvalue weighted by molar-refractivity contribution is 5.76. The van der Waals surface area contributed by atoms with Gasteiger partial charge in [-0.3, -0.25) is 4.79 Å². The lowest BCUT2D eigenvalue weighted by atomic mass is 10.2. The van der Waals surface area contributed by atoms with Gasteiger partial charge in [0.15, 0.2) is 0 Å². The normalized spacial score (nSPS) is 11.8. The second-order valence-corrected chi connectivity index (χ2v) is 6.08. The summed E-state index contributed by atoms with van der Waals surface area (Å²) in [5.41, 5.74) is 2.67. The van der Waals surface area contributed by atoms with Crippen LogP contribution in [0.2, 0.25) is 0 Å². The monoisotopic (exact) mass is 289 g/mol. The maximum Gasteiger partial charge on any atom is 0.320 e. The number of fused-ring (bicyclic) bond motifs is 1. The minimum absolute atomic E-state index is 0.207. The third kappa shape index (κ3) is 4.56. The van der Waals surface area contributed by atoms with Crippen LogP contribution >= 0.6 is 0 Å². The van der Waals surface area contributed by atoms with E-state index >= 15 is 0 Å². The summed E-state index contributed by atoms with van der Waals surface area (Å²) in [6, 6.07) is 6.07. The van der Waals surface area contributed by atoms with Gasteiger partial charge in [0.25, 0.3) is 0 Å². The van der Waals surface area contributed by atoms with Crippen LogP contribution in [0.15, 0.2) is 18.2 Å². The number of esters is 1. The number of aromatic nitrogens is 2. The highest BCUT2D eigenvalue weighted by Crippen LogP contribution is 2.14. The van der Waals surface area contributed by atoms with E-state index in [9.17, 15) is 4.79 Å². The van der Waals surface area contributed by atoms with Crippen LogP contribution < -0.4 is 5.32 Å². The molecule has 0 aliphatic heterocycles. The molecular formula is C16H23N3O2. The van der Waals surface area contributed by atoms with Crippen molar-refractivity contribution in [3.05, 3.63) is 29.6 Å². The van der Waals surface area contributed by atoms with E-state index in [2.05, 4.69) is 28.3 Å². The zero-order valence-electron chi connectivity index (χ0n) is 13.1. The number of hydrogen-bond donors (Lipinski definition) is 2. The van der Waals surface area contributed by atoms with Gasteiger partial charge < -0.3 is 15.0 Å². The number of nitrogens with zero attached hydrogens (tertiary/aromatic N) is 1. The molecule has 0 amide bonds. The number of aryl methyl sites for hydroxylation is 1. The van der Waals surface area contributed by atoms with Crippen molar-refractivity contribution in [3.63, 3.8) is 0 Å². The summed E-state index contributed by atoms with van der Waals surface area (Å²) < 4.78 is 5.25. The van der Waals surface area contributed by atoms with Crippen molar-refractivity contribution in [2.24, 2.45) is 0 Å². The predicted octanol–water partition coefficient (Wildman–Crippen LogP) is 2.56. The fourth-order valence-electron chi connectivity index (χ4n) is 2.07. The Morgan fingerprint density at radius 3 is 2.81 bits per heavy atom. The Balaban J connectivity index is 1.90. The summed E-state index contributed by atoms with van der Waals surface area (Å²) in [6.45, 7) is 8.49. The van der Waals surface area contributed by atoms with E-state index in [1.807, 2.05) is 32.9 Å². The number of ether oxygens (including phenoxy) is 1. The number of carbonyl (C=O) groups is 1. The van der Waals surface area contributed by atoms with E-state index in [4.69, 9.17) is 4.74 Å². The predicted molar refractivity (Wildman–Crippen MR) is 83.0 cm³/mol. The second kappa shape index (κ2) is 6.26. The van der Waals surface area contributed by atoms with Gasteiger partial charge in [-0.15, -0.1) is 0 Å². The van der Waals surface area contributed by atoms with E-state index in [1.54, 1.807) is 0 Å². The highest BCUT2D eigenvalue weighted by Gasteiger charge is 2.15. The van der Waals surface area contributed by atoms with E-state index in [0.717, 1.165) is 28.8 Å². The fourth-order valence-corrected chi connectivity index (χ4v) is 2.07. The smallest absolute Gasteiger partial charge is 0.320 e. The molecule has 0 unspecified atom stereocenters. The first-order valence-electron chi connectivity index (χ1n) is 7.27. The number of nitrogens with one attached hydrogen (secondary N) is 2. The van der Waals surface area contributed by atoms with E-state index in [0.29, 0.717) is 6.54 Å². The van der Waals surface area contributed by atoms with Crippen LogP contribution in [0.3, 0.4) is 0 Å². The molecule has 114 valence electrons. The van der Waals surface area contributed by atoms with Crippen molar-refractivity contribution in [2.75, 3.05) is 6.54 Å². The van der Waals surface area contributed by atoms with Crippen molar-refractivity contribution in [1.82, 2.24) is 15.3 Å². The lowest BCUT2D eigenvalue weighted by molar-refractivity contribution is -0.153. The molecule has 0 bridgehead atoms. The first kappa shape index (κ1) is 15.5. The zero-order valence-corrected chi connectivity index (χ0v) is 13.1. The third-order valence-electron chi connectivity index (χ3n) is 2.95. The molecule has 0 aliphatic rings. The third-order valence-corrected chi connectivity index (χ3v) is 2.95. The van der Waals surface area contributed by atoms with Crippen LogP contribution in [0.5, 0.6) is 0 Å². The fraction of sp³-hybridized carbons (Fsp3) is 0.500. The van der Waals surface area contributed by atoms with Crippen molar-refractivity contribution in [3.8, 4) is 0 Å². The lowest BCUT2D eigenvalue weighted by Crippen LogP contribution is -2.31. The Morgan fingerprint density at radius 1 is 1.38 bits per heavy atom. The van der Waals surface area contributed by atoms with Crippen molar-refractivity contribution >= 4 is 17.0 Å². The number of carbonyl (C=O) groups excluding carboxylic acids is 1. The Kier molecular flexibility index (Phi) is 4.63. The standard InChI is InChI=1S/C16H23N3O2/c1-5-14-18-12-7-6-11(8-13(12)19-14)9-17-10-15(20)21-16(2,3)4/h6-8,17H,5,9-10H2,1-4H3,(H,18,19). The summed E-state index contributed by atoms with van der Waals surface area (Å²) in [4.78, 5) is 19.4. The molecule has 0 saturated carbocycles. The van der Waals surface area contributed by atoms with Crippen LogP contribution in [-0.2, 0) is 22.5 Å². The second-order valence-electron chi connectivity index (χ2n) is 6.08. The molecule has 21 heavy (non-hydrogen) atoms. The zero-order chi connectivity index (χ0) is 15.5. The van der Waals surface area contributed by atoms with Gasteiger partial charge in [0.2, 0.25) is 0 Å². The van der Waals surface area contributed by atoms with E-state index in [1.165, 1.54) is 0 Å². The number of benzene rings is 1. The average molecular weight is 289 g/mol. The molecule has 2 rings (SSSR count). The van der Waals surface area contributed by atoms with Gasteiger partial charge in [0.05, 0.1) is 17.6 Å². The minimum Gasteiger partial charge on any atom is -0.459 e. The van der Waals surface area contributed by atoms with Crippen LogP contribution in [-0.4, -0.2) is 28.1 Å². The molecule has 1 aromatic carbocycles. The quantitative estimate of drug-likeness (QED) is 0.830. The summed E-state index contributed by atoms with van der Waals surface area (Å²) >= 11 is 0. The van der Waals surface area contributed by atoms with Gasteiger partial charge in [-0.05, 0) is 38.5 Å². The van der Waals surface area contributed by atoms with E-state index in [-0.39, 0.29) is 12.5 Å². The SMILES string of the molecule is CCc1nc2ccc(CNCC(=O)OC(C)(C)C)cc2[nH]1. The Hall–Kier alpha value is -1.88. The van der Waals surface area contributed by atoms with Gasteiger partial charge >= 0.3 is 5.97 Å². The number of imidazole rings is 1. The Bertz CT molecular complexity index is 626. The van der Waals surface area contributed by atoms with Gasteiger partial charge in [0.1, 0.15) is 11.4 Å². The maximum atomic E-state index is 11.6. The first-order chi connectivity index (χ1) is 9.87. The molecule has 2 N–H and O–H groups in total. The molecule has 5 heteroatoms. The summed E-state index contributed by atoms with van der Waals surface area (Å²) in [5, 5.41) is 3.10. The van der Waals surface area contributed by atoms with Crippen LogP contribution in [0, 0.1) is 0 Å². The van der Waals surface area contributed by atoms with Crippen LogP contribution in [0.1, 0.15) is 39.1 Å². The summed E-state index contributed by atoms with van der Waals surface area (Å²) in [5.74, 6) is 0.752. The van der Waals surface area contributed by atoms with E-state index < -0.39 is 5.60 Å². The van der Waals surface area contributed by atoms with Gasteiger partial charge in [-0.2, -0.15) is 0 Å². The molecular weight excluding hydrogens is 266 g/mol. The molecule has 0 atom stereocenters. The lowest BCUT2D eigenvalue weighted by Gasteiger charge is -2.19. The van der Waals surface area contributed by atoms with Crippen molar-refractivity contribution < 1.29 is 9.53 Å². The van der Waals surface area contributed by atoms with Crippen molar-refractivity contribution in [1.29, 1.82) is 0 Å². The number of aromatic amines is 1. The number of hydrogen-bond acceptors (Lipinski definition) is 4. The highest BCUT2D eigenvalue weighted by atomic mass is 16.6. The summed E-state index contributed by atoms with van der Waals surface area (Å²) in [7, 11) is 0. The van der Waals surface area contributed by atoms with Gasteiger partial charge in [-0.1, -0.05) is 13.0 Å². The van der Waals surface area contributed by atoms with Crippen molar-refractivity contribution in [2.45, 2.75) is 46.3 Å². The Morgan fingerprint density at radius 2 is 2.14 bits per heavy atom. The molecule has 1 aromatic heterocycles. The molecule has 0 saturated heterocycles. The molecule has 0 aliphatic carbocycles. The minimum atomic E-state index is -0.440. The maximum absolute atomic E-state index is 11.6. The molecule has 2 aromatic rings.